The van der Waals surface area contributed by atoms with Crippen molar-refractivity contribution in [2.75, 3.05) is 22.1 Å². The molecule has 3 amide bonds. The molecule has 2 N–H and O–H groups in total. The third kappa shape index (κ3) is 5.27. The van der Waals surface area contributed by atoms with Gasteiger partial charge in [0.25, 0.3) is 5.91 Å². The van der Waals surface area contributed by atoms with E-state index in [9.17, 15) is 14.4 Å². The average Bonchev–Trinajstić information content (AvgIpc) is 3.28. The number of hydrogen-bond acceptors (Lipinski definition) is 3. The molecule has 0 saturated carbocycles. The lowest BCUT2D eigenvalue weighted by Gasteiger charge is -2.23. The van der Waals surface area contributed by atoms with E-state index in [4.69, 9.17) is 0 Å². The number of rotatable bonds is 7. The summed E-state index contributed by atoms with van der Waals surface area (Å²) in [6, 6.07) is 22.3. The number of nitrogens with one attached hydrogen (secondary N) is 2. The highest BCUT2D eigenvalue weighted by Gasteiger charge is 2.36. The van der Waals surface area contributed by atoms with Gasteiger partial charge in [0.2, 0.25) is 11.8 Å². The Morgan fingerprint density at radius 1 is 0.943 bits per heavy atom. The maximum absolute atomic E-state index is 13.1. The Bertz CT molecular complexity index is 1240. The number of hydrogen-bond donors (Lipinski definition) is 2. The van der Waals surface area contributed by atoms with Crippen LogP contribution in [0.2, 0.25) is 0 Å². The molecule has 3 aromatic rings. The quantitative estimate of drug-likeness (QED) is 0.462. The van der Waals surface area contributed by atoms with Crippen molar-refractivity contribution >= 4 is 34.8 Å². The molecule has 6 nitrogen and oxygen atoms in total. The fourth-order valence-electron chi connectivity index (χ4n) is 4.41. The van der Waals surface area contributed by atoms with Crippen molar-refractivity contribution in [2.24, 2.45) is 5.92 Å². The first-order valence-electron chi connectivity index (χ1n) is 12.0. The number of nitrogens with zero attached hydrogens (tertiary/aromatic N) is 1. The predicted molar refractivity (Wildman–Crippen MR) is 140 cm³/mol. The van der Waals surface area contributed by atoms with Crippen molar-refractivity contribution in [1.82, 2.24) is 0 Å². The van der Waals surface area contributed by atoms with Gasteiger partial charge < -0.3 is 15.5 Å². The van der Waals surface area contributed by atoms with E-state index in [-0.39, 0.29) is 24.1 Å². The lowest BCUT2D eigenvalue weighted by molar-refractivity contribution is -0.122. The number of carbonyl (C=O) groups is 3. The topological polar surface area (TPSA) is 78.5 Å². The van der Waals surface area contributed by atoms with Crippen LogP contribution in [0.1, 0.15) is 54.1 Å². The summed E-state index contributed by atoms with van der Waals surface area (Å²) < 4.78 is 0. The van der Waals surface area contributed by atoms with Gasteiger partial charge in [-0.1, -0.05) is 56.3 Å². The van der Waals surface area contributed by atoms with E-state index in [1.54, 1.807) is 35.2 Å². The highest BCUT2D eigenvalue weighted by molar-refractivity contribution is 6.06. The SMILES string of the molecule is CCC(C)c1ccccc1N1CC(C(=O)Nc2cccc(NC(=O)c3ccccc3)c2C)CC1=O. The largest absolute Gasteiger partial charge is 0.325 e. The molecule has 4 rings (SSSR count). The second-order valence-electron chi connectivity index (χ2n) is 9.06. The zero-order chi connectivity index (χ0) is 24.9. The zero-order valence-corrected chi connectivity index (χ0v) is 20.4. The number of para-hydroxylation sites is 1. The molecule has 0 radical (unpaired) electrons. The van der Waals surface area contributed by atoms with Crippen molar-refractivity contribution < 1.29 is 14.4 Å². The van der Waals surface area contributed by atoms with Crippen molar-refractivity contribution in [3.05, 3.63) is 89.5 Å². The highest BCUT2D eigenvalue weighted by Crippen LogP contribution is 2.34. The molecule has 0 aliphatic carbocycles. The van der Waals surface area contributed by atoms with E-state index >= 15 is 0 Å². The van der Waals surface area contributed by atoms with Gasteiger partial charge in [-0.25, -0.2) is 0 Å². The number of anilines is 3. The molecule has 35 heavy (non-hydrogen) atoms. The van der Waals surface area contributed by atoms with Crippen LogP contribution < -0.4 is 15.5 Å². The Morgan fingerprint density at radius 3 is 2.31 bits per heavy atom. The summed E-state index contributed by atoms with van der Waals surface area (Å²) in [6.45, 7) is 6.48. The minimum absolute atomic E-state index is 0.0403. The molecular weight excluding hydrogens is 438 g/mol. The van der Waals surface area contributed by atoms with Gasteiger partial charge in [0.15, 0.2) is 0 Å². The first-order chi connectivity index (χ1) is 16.9. The maximum atomic E-state index is 13.1. The molecule has 2 unspecified atom stereocenters. The van der Waals surface area contributed by atoms with Gasteiger partial charge >= 0.3 is 0 Å². The molecule has 0 bridgehead atoms. The van der Waals surface area contributed by atoms with Gasteiger partial charge in [0.1, 0.15) is 0 Å². The standard InChI is InChI=1S/C29H31N3O3/c1-4-19(2)23-13-8-9-16-26(23)32-18-22(17-27(32)33)29(35)31-25-15-10-14-24(20(25)3)30-28(34)21-11-6-5-7-12-21/h5-16,19,22H,4,17-18H2,1-3H3,(H,30,34)(H,31,35). The summed E-state index contributed by atoms with van der Waals surface area (Å²) in [5.41, 5.74) is 4.58. The first-order valence-corrected chi connectivity index (χ1v) is 12.0. The normalized spacial score (nSPS) is 16.1. The fraction of sp³-hybridized carbons (Fsp3) is 0.276. The van der Waals surface area contributed by atoms with E-state index in [0.29, 0.717) is 29.4 Å². The Labute approximate surface area is 206 Å². The maximum Gasteiger partial charge on any atom is 0.255 e. The smallest absolute Gasteiger partial charge is 0.255 e. The summed E-state index contributed by atoms with van der Waals surface area (Å²) in [5, 5.41) is 5.89. The van der Waals surface area contributed by atoms with Crippen LogP contribution in [0.15, 0.2) is 72.8 Å². The third-order valence-electron chi connectivity index (χ3n) is 6.74. The summed E-state index contributed by atoms with van der Waals surface area (Å²) in [4.78, 5) is 40.3. The van der Waals surface area contributed by atoms with E-state index in [0.717, 1.165) is 23.2 Å². The Balaban J connectivity index is 1.47. The molecule has 3 aromatic carbocycles. The highest BCUT2D eigenvalue weighted by atomic mass is 16.2. The second-order valence-corrected chi connectivity index (χ2v) is 9.06. The number of amides is 3. The second kappa shape index (κ2) is 10.6. The zero-order valence-electron chi connectivity index (χ0n) is 20.4. The van der Waals surface area contributed by atoms with Gasteiger partial charge in [-0.3, -0.25) is 14.4 Å². The predicted octanol–water partition coefficient (Wildman–Crippen LogP) is 5.75. The lowest BCUT2D eigenvalue weighted by atomic mass is 9.96. The van der Waals surface area contributed by atoms with E-state index < -0.39 is 5.92 Å². The van der Waals surface area contributed by atoms with Crippen LogP contribution in [0, 0.1) is 12.8 Å². The van der Waals surface area contributed by atoms with Gasteiger partial charge in [0, 0.05) is 35.6 Å². The minimum atomic E-state index is -0.450. The Kier molecular flexibility index (Phi) is 7.30. The lowest BCUT2D eigenvalue weighted by Crippen LogP contribution is -2.29. The van der Waals surface area contributed by atoms with Crippen LogP contribution >= 0.6 is 0 Å². The van der Waals surface area contributed by atoms with Gasteiger partial charge in [-0.15, -0.1) is 0 Å². The molecule has 1 fully saturated rings. The summed E-state index contributed by atoms with van der Waals surface area (Å²) in [6.07, 6.45) is 1.14. The third-order valence-corrected chi connectivity index (χ3v) is 6.74. The van der Waals surface area contributed by atoms with Crippen molar-refractivity contribution in [3.8, 4) is 0 Å². The summed E-state index contributed by atoms with van der Waals surface area (Å²) in [7, 11) is 0. The van der Waals surface area contributed by atoms with Crippen LogP contribution in [0.5, 0.6) is 0 Å². The minimum Gasteiger partial charge on any atom is -0.325 e. The molecule has 1 aliphatic rings. The molecule has 2 atom stereocenters. The van der Waals surface area contributed by atoms with E-state index in [2.05, 4.69) is 30.5 Å². The van der Waals surface area contributed by atoms with Crippen LogP contribution in [-0.2, 0) is 9.59 Å². The van der Waals surface area contributed by atoms with Crippen LogP contribution in [-0.4, -0.2) is 24.3 Å². The monoisotopic (exact) mass is 469 g/mol. The van der Waals surface area contributed by atoms with E-state index in [1.165, 1.54) is 0 Å². The molecule has 180 valence electrons. The van der Waals surface area contributed by atoms with Gasteiger partial charge in [0.05, 0.1) is 5.92 Å². The van der Waals surface area contributed by atoms with E-state index in [1.807, 2.05) is 43.3 Å². The molecule has 0 aromatic heterocycles. The van der Waals surface area contributed by atoms with Gasteiger partial charge in [-0.2, -0.15) is 0 Å². The Morgan fingerprint density at radius 2 is 1.60 bits per heavy atom. The molecule has 1 aliphatic heterocycles. The van der Waals surface area contributed by atoms with Gasteiger partial charge in [-0.05, 0) is 60.7 Å². The Hall–Kier alpha value is -3.93. The van der Waals surface area contributed by atoms with Crippen LogP contribution in [0.4, 0.5) is 17.1 Å². The fourth-order valence-corrected chi connectivity index (χ4v) is 4.41. The van der Waals surface area contributed by atoms with Crippen molar-refractivity contribution in [1.29, 1.82) is 0 Å². The average molecular weight is 470 g/mol. The van der Waals surface area contributed by atoms with Crippen molar-refractivity contribution in [2.45, 2.75) is 39.5 Å². The van der Waals surface area contributed by atoms with Crippen molar-refractivity contribution in [3.63, 3.8) is 0 Å². The summed E-state index contributed by atoms with van der Waals surface area (Å²) in [5.74, 6) is -0.579. The first kappa shape index (κ1) is 24.2. The summed E-state index contributed by atoms with van der Waals surface area (Å²) >= 11 is 0. The number of carbonyl (C=O) groups excluding carboxylic acids is 3. The number of benzene rings is 3. The molecule has 0 spiro atoms. The van der Waals surface area contributed by atoms with Crippen LogP contribution in [0.25, 0.3) is 0 Å². The molecular formula is C29H31N3O3. The molecule has 1 heterocycles. The van der Waals surface area contributed by atoms with Crippen LogP contribution in [0.3, 0.4) is 0 Å². The molecule has 1 saturated heterocycles. The molecule has 6 heteroatoms.